The normalized spacial score (nSPS) is 33.7. The zero-order valence-electron chi connectivity index (χ0n) is 21.5. The highest BCUT2D eigenvalue weighted by atomic mass is 16.2. The first-order valence-electron chi connectivity index (χ1n) is 13.1. The second-order valence-electron chi connectivity index (χ2n) is 11.4. The van der Waals surface area contributed by atoms with Crippen molar-refractivity contribution < 1.29 is 14.7 Å². The highest BCUT2D eigenvalue weighted by Crippen LogP contribution is 2.69. The molecular weight excluding hydrogens is 434 g/mol. The molecule has 5 rings (SSSR count). The van der Waals surface area contributed by atoms with E-state index in [2.05, 4.69) is 62.0 Å². The molecule has 1 N–H and O–H groups in total. The van der Waals surface area contributed by atoms with Crippen molar-refractivity contribution in [2.24, 2.45) is 22.7 Å². The summed E-state index contributed by atoms with van der Waals surface area (Å²) in [6.07, 6.45) is 7.95. The van der Waals surface area contributed by atoms with Crippen LogP contribution in [0, 0.1) is 34.5 Å². The molecule has 0 aliphatic heterocycles. The third-order valence-corrected chi connectivity index (χ3v) is 9.72. The fourth-order valence-electron chi connectivity index (χ4n) is 8.05. The molecule has 4 aliphatic carbocycles. The van der Waals surface area contributed by atoms with Gasteiger partial charge in [-0.3, -0.25) is 9.59 Å². The van der Waals surface area contributed by atoms with Gasteiger partial charge in [0.1, 0.15) is 12.4 Å². The summed E-state index contributed by atoms with van der Waals surface area (Å²) in [5.74, 6) is 7.59. The molecule has 4 nitrogen and oxygen atoms in total. The molecule has 184 valence electrons. The van der Waals surface area contributed by atoms with Crippen molar-refractivity contribution in [2.75, 3.05) is 25.6 Å². The van der Waals surface area contributed by atoms with E-state index in [0.29, 0.717) is 18.3 Å². The van der Waals surface area contributed by atoms with E-state index in [9.17, 15) is 14.7 Å². The highest BCUT2D eigenvalue weighted by Gasteiger charge is 2.64. The summed E-state index contributed by atoms with van der Waals surface area (Å²) in [5, 5.41) is 9.51. The van der Waals surface area contributed by atoms with E-state index < -0.39 is 5.41 Å². The van der Waals surface area contributed by atoms with E-state index in [4.69, 9.17) is 0 Å². The average molecular weight is 472 g/mol. The number of aliphatic hydroxyl groups excluding tert-OH is 1. The number of carbonyl (C=O) groups is 2. The third kappa shape index (κ3) is 3.62. The van der Waals surface area contributed by atoms with Crippen LogP contribution in [0.5, 0.6) is 0 Å². The molecule has 1 aromatic rings. The molecule has 0 bridgehead atoms. The Bertz CT molecular complexity index is 1180. The van der Waals surface area contributed by atoms with Crippen LogP contribution in [0.25, 0.3) is 0 Å². The summed E-state index contributed by atoms with van der Waals surface area (Å²) in [6, 6.07) is 8.88. The molecule has 35 heavy (non-hydrogen) atoms. The molecule has 0 heterocycles. The van der Waals surface area contributed by atoms with Gasteiger partial charge in [0.05, 0.1) is 5.41 Å². The molecule has 0 saturated heterocycles. The van der Waals surface area contributed by atoms with Gasteiger partial charge in [0.25, 0.3) is 0 Å². The summed E-state index contributed by atoms with van der Waals surface area (Å²) < 4.78 is 0. The third-order valence-electron chi connectivity index (χ3n) is 9.72. The minimum absolute atomic E-state index is 0.140. The standard InChI is InChI=1S/C31H37NO3/c1-20(34)31(15-5-17-33)16-14-28-26-12-8-22-18-24(35)11-13-25(22)29(26)27(19-30(28,31)2)21-6-9-23(10-7-21)32(3)4/h6-7,9-10,18,26-28,33H,8,11-14,16-17,19H2,1-4H3/t26-,27+,28-,30-,31+/m0/s1. The minimum atomic E-state index is -0.711. The van der Waals surface area contributed by atoms with E-state index >= 15 is 0 Å². The number of fused-ring (bicyclic) bond motifs is 4. The Kier molecular flexibility index (Phi) is 6.04. The van der Waals surface area contributed by atoms with Gasteiger partial charge in [-0.25, -0.2) is 0 Å². The van der Waals surface area contributed by atoms with Gasteiger partial charge in [-0.2, -0.15) is 0 Å². The summed E-state index contributed by atoms with van der Waals surface area (Å²) in [4.78, 5) is 27.6. The van der Waals surface area contributed by atoms with Crippen molar-refractivity contribution in [2.45, 2.75) is 64.7 Å². The minimum Gasteiger partial charge on any atom is -0.384 e. The molecule has 0 spiro atoms. The molecule has 4 heteroatoms. The zero-order chi connectivity index (χ0) is 25.0. The summed E-state index contributed by atoms with van der Waals surface area (Å²) >= 11 is 0. The lowest BCUT2D eigenvalue weighted by atomic mass is 9.48. The molecule has 0 aromatic heterocycles. The van der Waals surface area contributed by atoms with Gasteiger partial charge in [0.15, 0.2) is 5.78 Å². The van der Waals surface area contributed by atoms with Gasteiger partial charge < -0.3 is 10.0 Å². The average Bonchev–Trinajstić information content (AvgIpc) is 3.14. The van der Waals surface area contributed by atoms with Crippen LogP contribution >= 0.6 is 0 Å². The smallest absolute Gasteiger partial charge is 0.156 e. The van der Waals surface area contributed by atoms with Crippen LogP contribution in [-0.2, 0) is 9.59 Å². The first-order valence-corrected chi connectivity index (χ1v) is 13.1. The number of ketones is 2. The van der Waals surface area contributed by atoms with Gasteiger partial charge in [0.2, 0.25) is 0 Å². The lowest BCUT2D eigenvalue weighted by molar-refractivity contribution is -0.130. The Morgan fingerprint density at radius 1 is 1.14 bits per heavy atom. The van der Waals surface area contributed by atoms with E-state index in [1.807, 2.05) is 6.08 Å². The number of hydrogen-bond acceptors (Lipinski definition) is 4. The fourth-order valence-corrected chi connectivity index (χ4v) is 8.05. The topological polar surface area (TPSA) is 57.6 Å². The molecule has 5 atom stereocenters. The van der Waals surface area contributed by atoms with Crippen LogP contribution < -0.4 is 4.90 Å². The Morgan fingerprint density at radius 3 is 2.54 bits per heavy atom. The molecular formula is C31H37NO3. The predicted octanol–water partition coefficient (Wildman–Crippen LogP) is 5.22. The first-order chi connectivity index (χ1) is 16.7. The Labute approximate surface area is 209 Å². The molecule has 0 unspecified atom stereocenters. The first kappa shape index (κ1) is 24.1. The zero-order valence-corrected chi connectivity index (χ0v) is 21.5. The summed E-state index contributed by atoms with van der Waals surface area (Å²) in [5.41, 5.74) is 5.70. The van der Waals surface area contributed by atoms with Crippen LogP contribution in [0.3, 0.4) is 0 Å². The summed E-state index contributed by atoms with van der Waals surface area (Å²) in [7, 11) is 4.11. The number of rotatable bonds is 3. The second kappa shape index (κ2) is 8.79. The maximum Gasteiger partial charge on any atom is 0.156 e. The van der Waals surface area contributed by atoms with Crippen molar-refractivity contribution in [1.82, 2.24) is 0 Å². The number of aliphatic hydroxyl groups is 1. The molecule has 1 aromatic carbocycles. The SMILES string of the molecule is CC(=O)[C@@]1(C#CCO)CC[C@H]2[C@@H]3CCC4=CC(=O)CCC4=C3[C@@H](c3ccc(N(C)C)cc3)C[C@@]21C. The highest BCUT2D eigenvalue weighted by molar-refractivity contribution is 5.93. The molecule has 2 saturated carbocycles. The number of allylic oxidation sites excluding steroid dienone is 4. The van der Waals surface area contributed by atoms with Crippen molar-refractivity contribution in [1.29, 1.82) is 0 Å². The van der Waals surface area contributed by atoms with Crippen LogP contribution in [0.2, 0.25) is 0 Å². The molecule has 2 fully saturated rings. The second-order valence-corrected chi connectivity index (χ2v) is 11.4. The lowest BCUT2D eigenvalue weighted by Crippen LogP contribution is -2.50. The number of nitrogens with zero attached hydrogens (tertiary/aromatic N) is 1. The molecule has 4 aliphatic rings. The van der Waals surface area contributed by atoms with Crippen molar-refractivity contribution >= 4 is 17.3 Å². The van der Waals surface area contributed by atoms with Crippen molar-refractivity contribution in [3.05, 3.63) is 52.6 Å². The lowest BCUT2D eigenvalue weighted by Gasteiger charge is -2.54. The summed E-state index contributed by atoms with van der Waals surface area (Å²) in [6.45, 7) is 3.78. The maximum atomic E-state index is 13.3. The van der Waals surface area contributed by atoms with E-state index in [-0.39, 0.29) is 29.5 Å². The van der Waals surface area contributed by atoms with Gasteiger partial charge in [-0.15, -0.1) is 0 Å². The van der Waals surface area contributed by atoms with Gasteiger partial charge >= 0.3 is 0 Å². The van der Waals surface area contributed by atoms with Crippen LogP contribution in [0.1, 0.15) is 70.3 Å². The van der Waals surface area contributed by atoms with Crippen LogP contribution in [-0.4, -0.2) is 37.4 Å². The van der Waals surface area contributed by atoms with Crippen LogP contribution in [0.15, 0.2) is 47.1 Å². The maximum absolute atomic E-state index is 13.3. The number of Topliss-reactive ketones (excluding diaryl/α,β-unsaturated/α-hetero) is 1. The van der Waals surface area contributed by atoms with Gasteiger partial charge in [-0.1, -0.05) is 36.5 Å². The molecule has 0 amide bonds. The predicted molar refractivity (Wildman–Crippen MR) is 139 cm³/mol. The van der Waals surface area contributed by atoms with E-state index in [1.165, 1.54) is 28.0 Å². The number of benzene rings is 1. The van der Waals surface area contributed by atoms with Crippen LogP contribution in [0.4, 0.5) is 5.69 Å². The van der Waals surface area contributed by atoms with Crippen molar-refractivity contribution in [3.8, 4) is 11.8 Å². The van der Waals surface area contributed by atoms with Gasteiger partial charge in [0, 0.05) is 32.1 Å². The monoisotopic (exact) mass is 471 g/mol. The Hall–Kier alpha value is -2.64. The number of anilines is 1. The van der Waals surface area contributed by atoms with E-state index in [1.54, 1.807) is 6.92 Å². The fraction of sp³-hybridized carbons (Fsp3) is 0.548. The largest absolute Gasteiger partial charge is 0.384 e. The quantitative estimate of drug-likeness (QED) is 0.614. The Balaban J connectivity index is 1.69. The van der Waals surface area contributed by atoms with Gasteiger partial charge in [-0.05, 0) is 97.6 Å². The van der Waals surface area contributed by atoms with E-state index in [0.717, 1.165) is 38.5 Å². The number of carbonyl (C=O) groups excluding carboxylic acids is 2. The Morgan fingerprint density at radius 2 is 1.89 bits per heavy atom. The van der Waals surface area contributed by atoms with Crippen molar-refractivity contribution in [3.63, 3.8) is 0 Å². The molecule has 0 radical (unpaired) electrons. The number of hydrogen-bond donors (Lipinski definition) is 1.